The summed E-state index contributed by atoms with van der Waals surface area (Å²) in [7, 11) is 0. The number of amides is 1. The molecular weight excluding hydrogens is 286 g/mol. The number of imidazole rings is 1. The van der Waals surface area contributed by atoms with E-state index in [-0.39, 0.29) is 5.91 Å². The number of rotatable bonds is 5. The molecule has 0 bridgehead atoms. The lowest BCUT2D eigenvalue weighted by Gasteiger charge is -2.07. The molecule has 1 aromatic heterocycles. The van der Waals surface area contributed by atoms with Crippen molar-refractivity contribution < 1.29 is 4.79 Å². The highest BCUT2D eigenvalue weighted by molar-refractivity contribution is 5.78. The molecular formula is C19H19N3O. The largest absolute Gasteiger partial charge is 0.352 e. The van der Waals surface area contributed by atoms with Crippen molar-refractivity contribution in [1.82, 2.24) is 14.9 Å². The minimum absolute atomic E-state index is 0.0348. The van der Waals surface area contributed by atoms with Crippen LogP contribution in [0.1, 0.15) is 16.7 Å². The second kappa shape index (κ2) is 6.92. The zero-order chi connectivity index (χ0) is 16.1. The summed E-state index contributed by atoms with van der Waals surface area (Å²) in [4.78, 5) is 16.0. The molecule has 0 fully saturated rings. The van der Waals surface area contributed by atoms with E-state index >= 15 is 0 Å². The van der Waals surface area contributed by atoms with Crippen LogP contribution in [-0.4, -0.2) is 15.5 Å². The molecule has 0 aliphatic carbocycles. The van der Waals surface area contributed by atoms with Gasteiger partial charge in [0.15, 0.2) is 0 Å². The summed E-state index contributed by atoms with van der Waals surface area (Å²) in [6.45, 7) is 2.58. The van der Waals surface area contributed by atoms with Crippen molar-refractivity contribution >= 4 is 5.91 Å². The van der Waals surface area contributed by atoms with Gasteiger partial charge in [0.05, 0.1) is 12.7 Å². The smallest absolute Gasteiger partial charge is 0.224 e. The molecule has 0 radical (unpaired) electrons. The maximum Gasteiger partial charge on any atom is 0.224 e. The molecule has 0 saturated carbocycles. The lowest BCUT2D eigenvalue weighted by molar-refractivity contribution is -0.120. The third-order valence-electron chi connectivity index (χ3n) is 3.71. The molecule has 0 unspecified atom stereocenters. The lowest BCUT2D eigenvalue weighted by atomic mass is 10.1. The number of aryl methyl sites for hydroxylation is 1. The van der Waals surface area contributed by atoms with Crippen molar-refractivity contribution in [2.75, 3.05) is 0 Å². The predicted molar refractivity (Wildman–Crippen MR) is 90.3 cm³/mol. The van der Waals surface area contributed by atoms with Gasteiger partial charge in [-0.05, 0) is 30.2 Å². The molecule has 23 heavy (non-hydrogen) atoms. The quantitative estimate of drug-likeness (QED) is 0.787. The van der Waals surface area contributed by atoms with E-state index in [0.717, 1.165) is 16.8 Å². The molecule has 0 aliphatic rings. The monoisotopic (exact) mass is 305 g/mol. The van der Waals surface area contributed by atoms with Crippen LogP contribution < -0.4 is 5.32 Å². The number of hydrogen-bond acceptors (Lipinski definition) is 2. The molecule has 1 amide bonds. The van der Waals surface area contributed by atoms with Crippen LogP contribution in [0.2, 0.25) is 0 Å². The Labute approximate surface area is 135 Å². The second-order valence-corrected chi connectivity index (χ2v) is 5.58. The first-order chi connectivity index (χ1) is 11.2. The zero-order valence-electron chi connectivity index (χ0n) is 13.1. The molecule has 3 rings (SSSR count). The Balaban J connectivity index is 1.53. The lowest BCUT2D eigenvalue weighted by Crippen LogP contribution is -2.24. The Morgan fingerprint density at radius 3 is 2.39 bits per heavy atom. The second-order valence-electron chi connectivity index (χ2n) is 5.58. The van der Waals surface area contributed by atoms with Crippen LogP contribution in [0.4, 0.5) is 0 Å². The van der Waals surface area contributed by atoms with E-state index in [1.54, 1.807) is 12.5 Å². The number of carbonyl (C=O) groups is 1. The van der Waals surface area contributed by atoms with Gasteiger partial charge in [0, 0.05) is 24.6 Å². The summed E-state index contributed by atoms with van der Waals surface area (Å²) < 4.78 is 1.94. The molecule has 2 aromatic carbocycles. The molecule has 1 heterocycles. The van der Waals surface area contributed by atoms with E-state index in [1.165, 1.54) is 5.56 Å². The van der Waals surface area contributed by atoms with E-state index in [9.17, 15) is 4.79 Å². The average Bonchev–Trinajstić information content (AvgIpc) is 3.10. The highest BCUT2D eigenvalue weighted by Gasteiger charge is 2.03. The summed E-state index contributed by atoms with van der Waals surface area (Å²) in [6, 6.07) is 16.1. The first-order valence-electron chi connectivity index (χ1n) is 7.60. The first-order valence-corrected chi connectivity index (χ1v) is 7.60. The van der Waals surface area contributed by atoms with Gasteiger partial charge < -0.3 is 9.88 Å². The fourth-order valence-electron chi connectivity index (χ4n) is 2.35. The Bertz CT molecular complexity index is 759. The van der Waals surface area contributed by atoms with Crippen LogP contribution >= 0.6 is 0 Å². The minimum atomic E-state index is 0.0348. The SMILES string of the molecule is Cc1ccc(CC(=O)NCc2ccc(-n3ccnc3)cc2)cc1. The van der Waals surface area contributed by atoms with Crippen molar-refractivity contribution in [3.63, 3.8) is 0 Å². The Morgan fingerprint density at radius 2 is 1.74 bits per heavy atom. The number of carbonyl (C=O) groups excluding carboxylic acids is 1. The molecule has 1 N–H and O–H groups in total. The topological polar surface area (TPSA) is 46.9 Å². The van der Waals surface area contributed by atoms with Gasteiger partial charge in [-0.15, -0.1) is 0 Å². The Kier molecular flexibility index (Phi) is 4.52. The first kappa shape index (κ1) is 15.0. The number of benzene rings is 2. The van der Waals surface area contributed by atoms with Gasteiger partial charge in [0.25, 0.3) is 0 Å². The summed E-state index contributed by atoms with van der Waals surface area (Å²) in [5.41, 5.74) is 4.36. The van der Waals surface area contributed by atoms with Gasteiger partial charge in [-0.2, -0.15) is 0 Å². The number of nitrogens with one attached hydrogen (secondary N) is 1. The minimum Gasteiger partial charge on any atom is -0.352 e. The molecule has 3 aromatic rings. The fraction of sp³-hybridized carbons (Fsp3) is 0.158. The Morgan fingerprint density at radius 1 is 1.04 bits per heavy atom. The van der Waals surface area contributed by atoms with E-state index in [4.69, 9.17) is 0 Å². The van der Waals surface area contributed by atoms with Crippen LogP contribution in [0.5, 0.6) is 0 Å². The summed E-state index contributed by atoms with van der Waals surface area (Å²) >= 11 is 0. The summed E-state index contributed by atoms with van der Waals surface area (Å²) in [5, 5.41) is 2.96. The molecule has 0 aliphatic heterocycles. The molecule has 0 atom stereocenters. The number of nitrogens with zero attached hydrogens (tertiary/aromatic N) is 2. The van der Waals surface area contributed by atoms with E-state index in [2.05, 4.69) is 10.3 Å². The van der Waals surface area contributed by atoms with Gasteiger partial charge in [-0.25, -0.2) is 4.98 Å². The molecule has 4 nitrogen and oxygen atoms in total. The van der Waals surface area contributed by atoms with Crippen molar-refractivity contribution in [2.24, 2.45) is 0 Å². The molecule has 0 spiro atoms. The highest BCUT2D eigenvalue weighted by atomic mass is 16.1. The Hall–Kier alpha value is -2.88. The van der Waals surface area contributed by atoms with E-state index < -0.39 is 0 Å². The van der Waals surface area contributed by atoms with Crippen LogP contribution in [0.15, 0.2) is 67.3 Å². The van der Waals surface area contributed by atoms with Crippen LogP contribution in [0.3, 0.4) is 0 Å². The van der Waals surface area contributed by atoms with Crippen LogP contribution in [-0.2, 0) is 17.8 Å². The maximum atomic E-state index is 12.0. The average molecular weight is 305 g/mol. The highest BCUT2D eigenvalue weighted by Crippen LogP contribution is 2.09. The normalized spacial score (nSPS) is 10.5. The van der Waals surface area contributed by atoms with Crippen molar-refractivity contribution in [3.05, 3.63) is 83.9 Å². The number of hydrogen-bond donors (Lipinski definition) is 1. The third-order valence-corrected chi connectivity index (χ3v) is 3.71. The molecule has 4 heteroatoms. The van der Waals surface area contributed by atoms with Crippen molar-refractivity contribution in [1.29, 1.82) is 0 Å². The van der Waals surface area contributed by atoms with Gasteiger partial charge in [-0.1, -0.05) is 42.0 Å². The summed E-state index contributed by atoms with van der Waals surface area (Å²) in [6.07, 6.45) is 5.82. The van der Waals surface area contributed by atoms with E-state index in [1.807, 2.05) is 66.2 Å². The van der Waals surface area contributed by atoms with Crippen LogP contribution in [0, 0.1) is 6.92 Å². The van der Waals surface area contributed by atoms with E-state index in [0.29, 0.717) is 13.0 Å². The van der Waals surface area contributed by atoms with Crippen LogP contribution in [0.25, 0.3) is 5.69 Å². The standard InChI is InChI=1S/C19H19N3O/c1-15-2-4-16(5-3-15)12-19(23)21-13-17-6-8-18(9-7-17)22-11-10-20-14-22/h2-11,14H,12-13H2,1H3,(H,21,23). The third kappa shape index (κ3) is 4.07. The number of aromatic nitrogens is 2. The predicted octanol–water partition coefficient (Wildman–Crippen LogP) is 3.04. The van der Waals surface area contributed by atoms with Crippen molar-refractivity contribution in [2.45, 2.75) is 19.9 Å². The summed E-state index contributed by atoms with van der Waals surface area (Å²) in [5.74, 6) is 0.0348. The fourth-order valence-corrected chi connectivity index (χ4v) is 2.35. The molecule has 116 valence electrons. The van der Waals surface area contributed by atoms with Gasteiger partial charge in [0.1, 0.15) is 0 Å². The van der Waals surface area contributed by atoms with Gasteiger partial charge >= 0.3 is 0 Å². The maximum absolute atomic E-state index is 12.0. The van der Waals surface area contributed by atoms with Gasteiger partial charge in [0.2, 0.25) is 5.91 Å². The van der Waals surface area contributed by atoms with Gasteiger partial charge in [-0.3, -0.25) is 4.79 Å². The molecule has 0 saturated heterocycles. The van der Waals surface area contributed by atoms with Crippen molar-refractivity contribution in [3.8, 4) is 5.69 Å². The zero-order valence-corrected chi connectivity index (χ0v) is 13.1.